The highest BCUT2D eigenvalue weighted by Crippen LogP contribution is 2.20. The fourth-order valence-corrected chi connectivity index (χ4v) is 2.71. The van der Waals surface area contributed by atoms with Crippen LogP contribution in [0, 0.1) is 6.92 Å². The van der Waals surface area contributed by atoms with E-state index in [1.54, 1.807) is 26.1 Å². The fraction of sp³-hybridized carbons (Fsp3) is 0.278. The number of nitrogens with zero attached hydrogens (tertiary/aromatic N) is 2. The molecule has 1 amide bonds. The van der Waals surface area contributed by atoms with E-state index in [1.165, 1.54) is 23.0 Å². The summed E-state index contributed by atoms with van der Waals surface area (Å²) in [6.07, 6.45) is 1.81. The Kier molecular flexibility index (Phi) is 5.20. The molecule has 142 valence electrons. The molecule has 2 heterocycles. The van der Waals surface area contributed by atoms with Crippen LogP contribution in [0.5, 0.6) is 5.75 Å². The van der Waals surface area contributed by atoms with Crippen LogP contribution in [0.3, 0.4) is 0 Å². The number of fused-ring (bicyclic) bond motifs is 1. The van der Waals surface area contributed by atoms with Gasteiger partial charge in [0, 0.05) is 13.6 Å². The van der Waals surface area contributed by atoms with E-state index in [0.29, 0.717) is 18.7 Å². The summed E-state index contributed by atoms with van der Waals surface area (Å²) in [6.45, 7) is -0.983. The van der Waals surface area contributed by atoms with Gasteiger partial charge in [0.1, 0.15) is 23.2 Å². The highest BCUT2D eigenvalue weighted by Gasteiger charge is 2.22. The number of rotatable bonds is 6. The molecule has 0 fully saturated rings. The molecule has 27 heavy (non-hydrogen) atoms. The lowest BCUT2D eigenvalue weighted by atomic mass is 10.1. The van der Waals surface area contributed by atoms with Crippen molar-refractivity contribution in [1.82, 2.24) is 14.9 Å². The van der Waals surface area contributed by atoms with E-state index in [0.717, 1.165) is 5.56 Å². The van der Waals surface area contributed by atoms with E-state index >= 15 is 0 Å². The summed E-state index contributed by atoms with van der Waals surface area (Å²) in [5.74, 6) is -0.0533. The Morgan fingerprint density at radius 2 is 2.04 bits per heavy atom. The number of halogens is 2. The summed E-state index contributed by atoms with van der Waals surface area (Å²) in [6, 6.07) is 6.16. The molecule has 0 aliphatic carbocycles. The molecule has 0 aliphatic heterocycles. The van der Waals surface area contributed by atoms with Crippen LogP contribution in [0.4, 0.5) is 8.78 Å². The van der Waals surface area contributed by atoms with Crippen molar-refractivity contribution in [3.8, 4) is 5.75 Å². The van der Waals surface area contributed by atoms with Gasteiger partial charge in [-0.3, -0.25) is 9.59 Å². The van der Waals surface area contributed by atoms with Crippen LogP contribution >= 0.6 is 0 Å². The maximum Gasteiger partial charge on any atom is 0.387 e. The lowest BCUT2D eigenvalue weighted by Gasteiger charge is -2.07. The highest BCUT2D eigenvalue weighted by molar-refractivity contribution is 6.06. The van der Waals surface area contributed by atoms with Gasteiger partial charge in [0.15, 0.2) is 0 Å². The molecule has 0 spiro atoms. The Bertz CT molecular complexity index is 1030. The number of aryl methyl sites for hydroxylation is 2. The summed E-state index contributed by atoms with van der Waals surface area (Å²) < 4.78 is 35.2. The van der Waals surface area contributed by atoms with E-state index in [4.69, 9.17) is 4.42 Å². The Labute approximate surface area is 152 Å². The number of hydrogen-bond donors (Lipinski definition) is 1. The maximum absolute atomic E-state index is 12.5. The van der Waals surface area contributed by atoms with E-state index in [9.17, 15) is 18.4 Å². The first-order chi connectivity index (χ1) is 12.9. The molecule has 0 atom stereocenters. The Morgan fingerprint density at radius 3 is 2.70 bits per heavy atom. The lowest BCUT2D eigenvalue weighted by Crippen LogP contribution is -2.28. The molecule has 0 aliphatic rings. The van der Waals surface area contributed by atoms with Gasteiger partial charge < -0.3 is 19.0 Å². The zero-order valence-electron chi connectivity index (χ0n) is 14.7. The second kappa shape index (κ2) is 7.56. The number of carbonyl (C=O) groups is 1. The number of furan rings is 1. The van der Waals surface area contributed by atoms with Crippen molar-refractivity contribution in [3.63, 3.8) is 0 Å². The summed E-state index contributed by atoms with van der Waals surface area (Å²) >= 11 is 0. The Balaban J connectivity index is 1.68. The van der Waals surface area contributed by atoms with E-state index < -0.39 is 12.5 Å². The van der Waals surface area contributed by atoms with Gasteiger partial charge in [-0.25, -0.2) is 4.98 Å². The summed E-state index contributed by atoms with van der Waals surface area (Å²) in [4.78, 5) is 28.8. The third kappa shape index (κ3) is 3.97. The van der Waals surface area contributed by atoms with E-state index in [1.807, 2.05) is 0 Å². The second-order valence-electron chi connectivity index (χ2n) is 5.90. The van der Waals surface area contributed by atoms with Gasteiger partial charge in [0.05, 0.1) is 5.56 Å². The number of amides is 1. The molecule has 1 aromatic carbocycles. The zero-order chi connectivity index (χ0) is 19.6. The van der Waals surface area contributed by atoms with E-state index in [2.05, 4.69) is 15.0 Å². The largest absolute Gasteiger partial charge is 0.442 e. The molecule has 1 N–H and O–H groups in total. The van der Waals surface area contributed by atoms with Gasteiger partial charge in [-0.15, -0.1) is 0 Å². The van der Waals surface area contributed by atoms with Gasteiger partial charge in [-0.2, -0.15) is 8.78 Å². The first-order valence-corrected chi connectivity index (χ1v) is 8.13. The molecule has 0 radical (unpaired) electrons. The summed E-state index contributed by atoms with van der Waals surface area (Å²) in [5, 5.41) is 2.88. The molecular weight excluding hydrogens is 360 g/mol. The van der Waals surface area contributed by atoms with Crippen molar-refractivity contribution in [3.05, 3.63) is 57.8 Å². The predicted molar refractivity (Wildman–Crippen MR) is 93.1 cm³/mol. The molecule has 0 saturated heterocycles. The smallest absolute Gasteiger partial charge is 0.387 e. The van der Waals surface area contributed by atoms with Crippen molar-refractivity contribution in [1.29, 1.82) is 0 Å². The van der Waals surface area contributed by atoms with Crippen LogP contribution in [0.15, 0.2) is 39.8 Å². The normalized spacial score (nSPS) is 11.1. The first kappa shape index (κ1) is 18.6. The number of carbonyl (C=O) groups excluding carboxylic acids is 1. The average molecular weight is 377 g/mol. The lowest BCUT2D eigenvalue weighted by molar-refractivity contribution is -0.0498. The van der Waals surface area contributed by atoms with Crippen molar-refractivity contribution in [2.45, 2.75) is 20.0 Å². The zero-order valence-corrected chi connectivity index (χ0v) is 14.7. The topological polar surface area (TPSA) is 86.4 Å². The summed E-state index contributed by atoms with van der Waals surface area (Å²) in [5.41, 5.74) is 0.759. The molecule has 0 bridgehead atoms. The van der Waals surface area contributed by atoms with Crippen molar-refractivity contribution >= 4 is 17.0 Å². The molecule has 9 heteroatoms. The number of nitrogens with one attached hydrogen (secondary N) is 1. The van der Waals surface area contributed by atoms with Crippen LogP contribution in [-0.4, -0.2) is 28.6 Å². The van der Waals surface area contributed by atoms with E-state index in [-0.39, 0.29) is 28.0 Å². The minimum absolute atomic E-state index is 0.0709. The Morgan fingerprint density at radius 1 is 1.33 bits per heavy atom. The minimum Gasteiger partial charge on any atom is -0.442 e. The van der Waals surface area contributed by atoms with Crippen LogP contribution in [0.25, 0.3) is 11.1 Å². The second-order valence-corrected chi connectivity index (χ2v) is 5.90. The number of alkyl halides is 2. The van der Waals surface area contributed by atoms with Crippen molar-refractivity contribution < 1.29 is 22.7 Å². The summed E-state index contributed by atoms with van der Waals surface area (Å²) in [7, 11) is 1.54. The number of ether oxygens (including phenoxy) is 1. The van der Waals surface area contributed by atoms with Gasteiger partial charge >= 0.3 is 6.61 Å². The first-order valence-electron chi connectivity index (χ1n) is 8.13. The van der Waals surface area contributed by atoms with Crippen molar-refractivity contribution in [2.24, 2.45) is 7.05 Å². The van der Waals surface area contributed by atoms with Crippen molar-refractivity contribution in [2.75, 3.05) is 6.54 Å². The monoisotopic (exact) mass is 377 g/mol. The SMILES string of the molecule is Cc1oc2ncn(C)c(=O)c2c1C(=O)NCCc1ccc(OC(F)F)cc1. The van der Waals surface area contributed by atoms with Crippen LogP contribution in [-0.2, 0) is 13.5 Å². The number of benzene rings is 1. The third-order valence-electron chi connectivity index (χ3n) is 4.02. The molecular formula is C18H17F2N3O4. The Hall–Kier alpha value is -3.23. The molecule has 0 saturated carbocycles. The molecule has 3 aromatic rings. The average Bonchev–Trinajstić information content (AvgIpc) is 2.96. The van der Waals surface area contributed by atoms with Crippen LogP contribution < -0.4 is 15.6 Å². The highest BCUT2D eigenvalue weighted by atomic mass is 19.3. The van der Waals surface area contributed by atoms with Gasteiger partial charge in [-0.05, 0) is 31.0 Å². The fourth-order valence-electron chi connectivity index (χ4n) is 2.71. The van der Waals surface area contributed by atoms with Gasteiger partial charge in [0.25, 0.3) is 11.5 Å². The minimum atomic E-state index is -2.87. The third-order valence-corrected chi connectivity index (χ3v) is 4.02. The predicted octanol–water partition coefficient (Wildman–Crippen LogP) is 2.41. The van der Waals surface area contributed by atoms with Crippen LogP contribution in [0.1, 0.15) is 21.7 Å². The van der Waals surface area contributed by atoms with Gasteiger partial charge in [0.2, 0.25) is 5.71 Å². The molecule has 3 rings (SSSR count). The number of hydrogen-bond acceptors (Lipinski definition) is 5. The van der Waals surface area contributed by atoms with Gasteiger partial charge in [-0.1, -0.05) is 12.1 Å². The molecule has 7 nitrogen and oxygen atoms in total. The van der Waals surface area contributed by atoms with Crippen LogP contribution in [0.2, 0.25) is 0 Å². The maximum atomic E-state index is 12.5. The standard InChI is InChI=1S/C18H17F2N3O4/c1-10-13(14-16(26-10)22-9-23(2)17(14)25)15(24)21-8-7-11-3-5-12(6-4-11)27-18(19)20/h3-6,9,18H,7-8H2,1-2H3,(H,21,24). The molecule has 2 aromatic heterocycles. The molecule has 0 unspecified atom stereocenters. The number of aromatic nitrogens is 2. The quantitative estimate of drug-likeness (QED) is 0.713.